The number of thiazole rings is 1. The van der Waals surface area contributed by atoms with Crippen LogP contribution in [0.1, 0.15) is 76.7 Å². The van der Waals surface area contributed by atoms with Gasteiger partial charge in [-0.2, -0.15) is 0 Å². The van der Waals surface area contributed by atoms with Crippen LogP contribution in [0.15, 0.2) is 5.38 Å². The maximum Gasteiger partial charge on any atom is 0.331 e. The predicted octanol–water partition coefficient (Wildman–Crippen LogP) is 3.62. The molecule has 0 saturated carbocycles. The number of carbonyl (C=O) groups is 5. The van der Waals surface area contributed by atoms with Gasteiger partial charge in [0.15, 0.2) is 19.5 Å². The first-order valence-electron chi connectivity index (χ1n) is 16.1. The summed E-state index contributed by atoms with van der Waals surface area (Å²) in [5.41, 5.74) is 0.156. The largest absolute Gasteiger partial charge is 0.467 e. The van der Waals surface area contributed by atoms with E-state index >= 15 is 0 Å². The molecule has 0 radical (unpaired) electrons. The van der Waals surface area contributed by atoms with Gasteiger partial charge in [0.25, 0.3) is 5.91 Å². The Morgan fingerprint density at radius 3 is 2.34 bits per heavy atom. The molecule has 0 spiro atoms. The highest BCUT2D eigenvalue weighted by atomic mass is 35.5. The summed E-state index contributed by atoms with van der Waals surface area (Å²) in [6, 6.07) is -2.44. The van der Waals surface area contributed by atoms with Gasteiger partial charge in [-0.15, -0.1) is 22.9 Å². The van der Waals surface area contributed by atoms with Crippen LogP contribution in [-0.2, 0) is 33.1 Å². The van der Waals surface area contributed by atoms with Crippen molar-refractivity contribution in [2.75, 3.05) is 50.7 Å². The zero-order chi connectivity index (χ0) is 35.2. The molecule has 1 aromatic heterocycles. The maximum atomic E-state index is 13.4. The average Bonchev–Trinajstić information content (AvgIpc) is 3.52. The molecule has 0 unspecified atom stereocenters. The number of methoxy groups -OCH3 is 1. The van der Waals surface area contributed by atoms with E-state index in [-0.39, 0.29) is 23.2 Å². The molecule has 16 heteroatoms. The zero-order valence-corrected chi connectivity index (χ0v) is 31.3. The normalized spacial score (nSPS) is 15.4. The molecule has 3 N–H and O–H groups in total. The number of nitrogens with zero attached hydrogens (tertiary/aromatic N) is 2. The summed E-state index contributed by atoms with van der Waals surface area (Å²) in [5.74, 6) is -1.62. The molecule has 1 aromatic rings. The van der Waals surface area contributed by atoms with Crippen molar-refractivity contribution in [1.29, 1.82) is 0 Å². The number of anilines is 1. The minimum absolute atomic E-state index is 0.0736. The number of unbranched alkanes of at least 4 members (excludes halogenated alkanes) is 2. The van der Waals surface area contributed by atoms with Crippen molar-refractivity contribution in [2.45, 2.75) is 96.4 Å². The standard InChI is InChI=1S/C31H52ClN5O8SSi/c1-21(38)44-18-24(29(42)43-5)35-27(40)23(19-45-47(6,7)31(2,3)4)34-28(41)25-20-46-30(36-25)37-15-12-22(13-16-37)17-33-26(39)11-9-8-10-14-32/h20,22-24H,8-19H2,1-7H3,(H,33,39)(H,34,41)(H,35,40)/t23-,24-/m0/s1. The van der Waals surface area contributed by atoms with Gasteiger partial charge in [0, 0.05) is 44.2 Å². The lowest BCUT2D eigenvalue weighted by atomic mass is 9.97. The Bertz CT molecular complexity index is 1200. The number of ether oxygens (including phenoxy) is 2. The van der Waals surface area contributed by atoms with E-state index in [1.54, 1.807) is 5.38 Å². The lowest BCUT2D eigenvalue weighted by molar-refractivity contribution is -0.151. The fraction of sp³-hybridized carbons (Fsp3) is 0.742. The van der Waals surface area contributed by atoms with E-state index in [2.05, 4.69) is 46.6 Å². The molecule has 1 saturated heterocycles. The average molecular weight is 718 g/mol. The number of rotatable bonds is 18. The molecule has 47 heavy (non-hydrogen) atoms. The SMILES string of the molecule is COC(=O)[C@H](COC(C)=O)NC(=O)[C@H](CO[Si](C)(C)C(C)(C)C)NC(=O)c1csc(N2CCC(CNC(=O)CCCCCCl)CC2)n1. The molecule has 2 rings (SSSR count). The number of esters is 2. The first kappa shape index (κ1) is 40.4. The number of hydrogen-bond acceptors (Lipinski definition) is 11. The van der Waals surface area contributed by atoms with E-state index in [4.69, 9.17) is 25.5 Å². The number of alkyl halides is 1. The molecule has 1 aliphatic rings. The van der Waals surface area contributed by atoms with Crippen molar-refractivity contribution in [3.8, 4) is 0 Å². The second-order valence-electron chi connectivity index (χ2n) is 13.2. The van der Waals surface area contributed by atoms with Gasteiger partial charge in [-0.3, -0.25) is 19.2 Å². The summed E-state index contributed by atoms with van der Waals surface area (Å²) in [5, 5.41) is 10.5. The van der Waals surface area contributed by atoms with Crippen LogP contribution in [0.2, 0.25) is 18.1 Å². The predicted molar refractivity (Wildman–Crippen MR) is 184 cm³/mol. The summed E-state index contributed by atoms with van der Waals surface area (Å²) < 4.78 is 15.9. The van der Waals surface area contributed by atoms with Crippen LogP contribution >= 0.6 is 22.9 Å². The highest BCUT2D eigenvalue weighted by molar-refractivity contribution is 7.13. The summed E-state index contributed by atoms with van der Waals surface area (Å²) in [7, 11) is -1.17. The third-order valence-corrected chi connectivity index (χ3v) is 14.2. The lowest BCUT2D eigenvalue weighted by Gasteiger charge is -2.37. The summed E-state index contributed by atoms with van der Waals surface area (Å²) >= 11 is 7.04. The van der Waals surface area contributed by atoms with Gasteiger partial charge in [0.05, 0.1) is 13.7 Å². The first-order valence-corrected chi connectivity index (χ1v) is 20.4. The van der Waals surface area contributed by atoms with Crippen LogP contribution < -0.4 is 20.9 Å². The Morgan fingerprint density at radius 2 is 1.74 bits per heavy atom. The minimum atomic E-state index is -2.33. The van der Waals surface area contributed by atoms with Crippen molar-refractivity contribution < 1.29 is 37.9 Å². The Labute approximate surface area is 288 Å². The van der Waals surface area contributed by atoms with Gasteiger partial charge >= 0.3 is 11.9 Å². The first-order chi connectivity index (χ1) is 22.1. The van der Waals surface area contributed by atoms with Gasteiger partial charge in [-0.25, -0.2) is 9.78 Å². The molecule has 1 aliphatic heterocycles. The fourth-order valence-corrected chi connectivity index (χ4v) is 6.52. The smallest absolute Gasteiger partial charge is 0.331 e. The van der Waals surface area contributed by atoms with E-state index in [0.717, 1.165) is 52.3 Å². The van der Waals surface area contributed by atoms with E-state index in [1.165, 1.54) is 18.3 Å². The maximum absolute atomic E-state index is 13.4. The third kappa shape index (κ3) is 13.7. The molecular formula is C31H52ClN5O8SSi. The molecule has 0 aliphatic carbocycles. The number of amides is 3. The molecule has 13 nitrogen and oxygen atoms in total. The zero-order valence-electron chi connectivity index (χ0n) is 28.7. The summed E-state index contributed by atoms with van der Waals surface area (Å²) in [6.45, 7) is 13.0. The minimum Gasteiger partial charge on any atom is -0.467 e. The van der Waals surface area contributed by atoms with Crippen molar-refractivity contribution in [1.82, 2.24) is 20.9 Å². The van der Waals surface area contributed by atoms with Crippen LogP contribution in [0.25, 0.3) is 0 Å². The van der Waals surface area contributed by atoms with Crippen LogP contribution in [-0.4, -0.2) is 101 Å². The highest BCUT2D eigenvalue weighted by Crippen LogP contribution is 2.36. The topological polar surface area (TPSA) is 165 Å². The Balaban J connectivity index is 2.04. The second-order valence-corrected chi connectivity index (χ2v) is 19.3. The quantitative estimate of drug-likeness (QED) is 0.0884. The van der Waals surface area contributed by atoms with Crippen molar-refractivity contribution in [3.63, 3.8) is 0 Å². The van der Waals surface area contributed by atoms with Crippen LogP contribution in [0, 0.1) is 5.92 Å². The molecule has 0 aromatic carbocycles. The Hall–Kier alpha value is -2.75. The molecule has 3 amide bonds. The molecule has 266 valence electrons. The number of halogens is 1. The monoisotopic (exact) mass is 717 g/mol. The van der Waals surface area contributed by atoms with Crippen molar-refractivity contribution in [2.24, 2.45) is 5.92 Å². The van der Waals surface area contributed by atoms with E-state index in [0.29, 0.717) is 29.9 Å². The fourth-order valence-electron chi connectivity index (χ4n) is 4.45. The number of nitrogens with one attached hydrogen (secondary N) is 3. The van der Waals surface area contributed by atoms with Gasteiger partial charge in [0.1, 0.15) is 18.3 Å². The Morgan fingerprint density at radius 1 is 1.06 bits per heavy atom. The molecular weight excluding hydrogens is 666 g/mol. The van der Waals surface area contributed by atoms with E-state index in [9.17, 15) is 24.0 Å². The second kappa shape index (κ2) is 19.3. The van der Waals surface area contributed by atoms with Crippen molar-refractivity contribution >= 4 is 66.0 Å². The van der Waals surface area contributed by atoms with Crippen molar-refractivity contribution in [3.05, 3.63) is 11.1 Å². The van der Waals surface area contributed by atoms with E-state index in [1.807, 2.05) is 13.1 Å². The highest BCUT2D eigenvalue weighted by Gasteiger charge is 2.39. The molecule has 0 bridgehead atoms. The lowest BCUT2D eigenvalue weighted by Crippen LogP contribution is -2.56. The molecule has 1 fully saturated rings. The third-order valence-electron chi connectivity index (χ3n) is 8.53. The van der Waals surface area contributed by atoms with Crippen LogP contribution in [0.3, 0.4) is 0 Å². The van der Waals surface area contributed by atoms with Gasteiger partial charge in [-0.1, -0.05) is 27.2 Å². The number of hydrogen-bond donors (Lipinski definition) is 3. The summed E-state index contributed by atoms with van der Waals surface area (Å²) in [6.07, 6.45) is 5.01. The van der Waals surface area contributed by atoms with E-state index < -0.39 is 50.8 Å². The molecule has 2 atom stereocenters. The van der Waals surface area contributed by atoms with Crippen LogP contribution in [0.5, 0.6) is 0 Å². The summed E-state index contributed by atoms with van der Waals surface area (Å²) in [4.78, 5) is 69.2. The van der Waals surface area contributed by atoms with Gasteiger partial charge < -0.3 is 34.8 Å². The Kier molecular flexibility index (Phi) is 16.6. The molecule has 2 heterocycles. The number of carbonyl (C=O) groups excluding carboxylic acids is 5. The van der Waals surface area contributed by atoms with Gasteiger partial charge in [-0.05, 0) is 49.7 Å². The number of piperidine rings is 1. The van der Waals surface area contributed by atoms with Crippen LogP contribution in [0.4, 0.5) is 5.13 Å². The van der Waals surface area contributed by atoms with Gasteiger partial charge in [0.2, 0.25) is 11.8 Å². The number of aromatic nitrogens is 1.